The van der Waals surface area contributed by atoms with Crippen LogP contribution in [0.15, 0.2) is 60.7 Å². The van der Waals surface area contributed by atoms with Crippen LogP contribution in [0.1, 0.15) is 23.3 Å². The molecule has 0 aliphatic carbocycles. The van der Waals surface area contributed by atoms with Crippen molar-refractivity contribution in [1.29, 1.82) is 0 Å². The van der Waals surface area contributed by atoms with Gasteiger partial charge in [-0.15, -0.1) is 0 Å². The van der Waals surface area contributed by atoms with E-state index in [1.54, 1.807) is 60.7 Å². The Hall–Kier alpha value is -2.66. The van der Waals surface area contributed by atoms with Crippen LogP contribution in [0.4, 0.5) is 0 Å². The van der Waals surface area contributed by atoms with E-state index in [0.29, 0.717) is 11.1 Å². The van der Waals surface area contributed by atoms with E-state index in [-0.39, 0.29) is 0 Å². The van der Waals surface area contributed by atoms with E-state index >= 15 is 0 Å². The van der Waals surface area contributed by atoms with Crippen molar-refractivity contribution in [3.05, 3.63) is 71.8 Å². The van der Waals surface area contributed by atoms with Crippen LogP contribution in [0.3, 0.4) is 0 Å². The largest absolute Gasteiger partial charge is 0.479 e. The van der Waals surface area contributed by atoms with Crippen molar-refractivity contribution >= 4 is 11.9 Å². The number of carboxylic acids is 1. The first-order chi connectivity index (χ1) is 10.1. The third kappa shape index (κ3) is 3.67. The van der Waals surface area contributed by atoms with Gasteiger partial charge in [-0.1, -0.05) is 60.7 Å². The topological polar surface area (TPSA) is 86.6 Å². The second-order valence-corrected chi connectivity index (χ2v) is 4.50. The highest BCUT2D eigenvalue weighted by molar-refractivity contribution is 5.87. The quantitative estimate of drug-likeness (QED) is 0.779. The van der Waals surface area contributed by atoms with E-state index in [1.807, 2.05) is 0 Å². The fourth-order valence-corrected chi connectivity index (χ4v) is 1.94. The first-order valence-electron chi connectivity index (χ1n) is 6.40. The molecule has 0 bridgehead atoms. The Bertz CT molecular complexity index is 613. The second kappa shape index (κ2) is 6.67. The Morgan fingerprint density at radius 2 is 1.33 bits per heavy atom. The molecule has 108 valence electrons. The summed E-state index contributed by atoms with van der Waals surface area (Å²) in [7, 11) is 0. The SMILES string of the molecule is O=C(NC(C(=O)O)c1ccccc1)C(O)c1ccccc1. The molecule has 1 amide bonds. The van der Waals surface area contributed by atoms with Gasteiger partial charge in [-0.3, -0.25) is 4.79 Å². The van der Waals surface area contributed by atoms with Gasteiger partial charge in [-0.2, -0.15) is 0 Å². The van der Waals surface area contributed by atoms with Gasteiger partial charge < -0.3 is 15.5 Å². The number of aliphatic hydroxyl groups excluding tert-OH is 1. The zero-order chi connectivity index (χ0) is 15.2. The minimum atomic E-state index is -1.41. The standard InChI is InChI=1S/C16H15NO4/c18-14(12-9-5-2-6-10-12)15(19)17-13(16(20)21)11-7-3-1-4-8-11/h1-10,13-14,18H,(H,17,19)(H,20,21). The molecule has 5 heteroatoms. The predicted molar refractivity (Wildman–Crippen MR) is 76.4 cm³/mol. The van der Waals surface area contributed by atoms with Crippen LogP contribution in [0.25, 0.3) is 0 Å². The lowest BCUT2D eigenvalue weighted by atomic mass is 10.1. The maximum absolute atomic E-state index is 12.0. The second-order valence-electron chi connectivity index (χ2n) is 4.50. The summed E-state index contributed by atoms with van der Waals surface area (Å²) in [5, 5.41) is 21.5. The molecule has 0 aliphatic heterocycles. The van der Waals surface area contributed by atoms with Crippen molar-refractivity contribution < 1.29 is 19.8 Å². The van der Waals surface area contributed by atoms with Gasteiger partial charge in [0, 0.05) is 0 Å². The van der Waals surface area contributed by atoms with Gasteiger partial charge in [-0.05, 0) is 11.1 Å². The number of aliphatic carboxylic acids is 1. The molecule has 3 N–H and O–H groups in total. The van der Waals surface area contributed by atoms with Gasteiger partial charge in [0.05, 0.1) is 0 Å². The van der Waals surface area contributed by atoms with E-state index in [0.717, 1.165) is 0 Å². The minimum absolute atomic E-state index is 0.409. The zero-order valence-electron chi connectivity index (χ0n) is 11.1. The number of aliphatic hydroxyl groups is 1. The number of nitrogens with one attached hydrogen (secondary N) is 1. The number of amides is 1. The van der Waals surface area contributed by atoms with Gasteiger partial charge in [0.2, 0.25) is 0 Å². The summed E-state index contributed by atoms with van der Waals surface area (Å²) in [5.74, 6) is -1.94. The highest BCUT2D eigenvalue weighted by Crippen LogP contribution is 2.17. The van der Waals surface area contributed by atoms with Gasteiger partial charge in [-0.25, -0.2) is 4.79 Å². The van der Waals surface area contributed by atoms with E-state index < -0.39 is 24.0 Å². The minimum Gasteiger partial charge on any atom is -0.479 e. The smallest absolute Gasteiger partial charge is 0.330 e. The molecular weight excluding hydrogens is 270 g/mol. The predicted octanol–water partition coefficient (Wildman–Crippen LogP) is 1.66. The third-order valence-corrected chi connectivity index (χ3v) is 3.03. The van der Waals surface area contributed by atoms with Crippen LogP contribution < -0.4 is 5.32 Å². The molecule has 2 rings (SSSR count). The van der Waals surface area contributed by atoms with E-state index in [1.165, 1.54) is 0 Å². The summed E-state index contributed by atoms with van der Waals surface area (Å²) >= 11 is 0. The van der Waals surface area contributed by atoms with Crippen molar-refractivity contribution in [2.75, 3.05) is 0 Å². The van der Waals surface area contributed by atoms with E-state index in [2.05, 4.69) is 5.32 Å². The molecule has 2 aromatic rings. The molecule has 0 saturated heterocycles. The van der Waals surface area contributed by atoms with Crippen molar-refractivity contribution in [2.45, 2.75) is 12.1 Å². The van der Waals surface area contributed by atoms with Crippen molar-refractivity contribution in [1.82, 2.24) is 5.32 Å². The molecule has 0 fully saturated rings. The summed E-state index contributed by atoms with van der Waals surface area (Å²) in [6, 6.07) is 15.5. The summed E-state index contributed by atoms with van der Waals surface area (Å²) in [5.41, 5.74) is 0.853. The first kappa shape index (κ1) is 14.7. The third-order valence-electron chi connectivity index (χ3n) is 3.03. The Morgan fingerprint density at radius 1 is 0.857 bits per heavy atom. The van der Waals surface area contributed by atoms with Crippen molar-refractivity contribution in [3.8, 4) is 0 Å². The fraction of sp³-hybridized carbons (Fsp3) is 0.125. The Labute approximate surface area is 121 Å². The lowest BCUT2D eigenvalue weighted by molar-refractivity contribution is -0.143. The molecule has 0 aliphatic rings. The molecule has 0 heterocycles. The maximum Gasteiger partial charge on any atom is 0.330 e. The lowest BCUT2D eigenvalue weighted by Gasteiger charge is -2.17. The van der Waals surface area contributed by atoms with Crippen LogP contribution in [0.5, 0.6) is 0 Å². The maximum atomic E-state index is 12.0. The zero-order valence-corrected chi connectivity index (χ0v) is 11.1. The summed E-state index contributed by atoms with van der Waals surface area (Å²) < 4.78 is 0. The van der Waals surface area contributed by atoms with Gasteiger partial charge in [0.25, 0.3) is 5.91 Å². The molecule has 2 unspecified atom stereocenters. The Morgan fingerprint density at radius 3 is 1.81 bits per heavy atom. The van der Waals surface area contributed by atoms with Crippen LogP contribution in [-0.2, 0) is 9.59 Å². The molecule has 0 radical (unpaired) electrons. The lowest BCUT2D eigenvalue weighted by Crippen LogP contribution is -2.36. The molecule has 0 saturated carbocycles. The van der Waals surface area contributed by atoms with Crippen LogP contribution in [0, 0.1) is 0 Å². The Kier molecular flexibility index (Phi) is 4.68. The summed E-state index contributed by atoms with van der Waals surface area (Å²) in [6.07, 6.45) is -1.41. The summed E-state index contributed by atoms with van der Waals surface area (Å²) in [6.45, 7) is 0. The first-order valence-corrected chi connectivity index (χ1v) is 6.40. The number of rotatable bonds is 5. The van der Waals surface area contributed by atoms with Gasteiger partial charge in [0.1, 0.15) is 0 Å². The molecule has 2 atom stereocenters. The summed E-state index contributed by atoms with van der Waals surface area (Å²) in [4.78, 5) is 23.3. The Balaban J connectivity index is 2.14. The number of carbonyl (C=O) groups is 2. The normalized spacial score (nSPS) is 13.2. The van der Waals surface area contributed by atoms with Crippen LogP contribution in [0.2, 0.25) is 0 Å². The van der Waals surface area contributed by atoms with Gasteiger partial charge >= 0.3 is 5.97 Å². The van der Waals surface area contributed by atoms with Crippen LogP contribution in [-0.4, -0.2) is 22.1 Å². The fourth-order valence-electron chi connectivity index (χ4n) is 1.94. The molecule has 0 aromatic heterocycles. The number of hydrogen-bond donors (Lipinski definition) is 3. The molecular formula is C16H15NO4. The number of benzene rings is 2. The molecule has 5 nitrogen and oxygen atoms in total. The van der Waals surface area contributed by atoms with Crippen molar-refractivity contribution in [3.63, 3.8) is 0 Å². The van der Waals surface area contributed by atoms with Gasteiger partial charge in [0.15, 0.2) is 12.1 Å². The van der Waals surface area contributed by atoms with Crippen molar-refractivity contribution in [2.24, 2.45) is 0 Å². The highest BCUT2D eigenvalue weighted by Gasteiger charge is 2.25. The average molecular weight is 285 g/mol. The van der Waals surface area contributed by atoms with E-state index in [4.69, 9.17) is 0 Å². The highest BCUT2D eigenvalue weighted by atomic mass is 16.4. The van der Waals surface area contributed by atoms with E-state index in [9.17, 15) is 19.8 Å². The molecule has 2 aromatic carbocycles. The monoisotopic (exact) mass is 285 g/mol. The molecule has 0 spiro atoms. The average Bonchev–Trinajstić information content (AvgIpc) is 2.53. The number of hydrogen-bond acceptors (Lipinski definition) is 3. The molecule has 21 heavy (non-hydrogen) atoms. The number of carbonyl (C=O) groups excluding carboxylic acids is 1. The number of carboxylic acid groups (broad SMARTS) is 1. The van der Waals surface area contributed by atoms with Crippen LogP contribution >= 0.6 is 0 Å².